The molecule has 2 nitrogen and oxygen atoms in total. The van der Waals surface area contributed by atoms with Crippen LogP contribution in [0.3, 0.4) is 0 Å². The fourth-order valence-corrected chi connectivity index (χ4v) is 20.4. The number of benzene rings is 4. The van der Waals surface area contributed by atoms with Gasteiger partial charge in [-0.25, -0.2) is 4.98 Å². The van der Waals surface area contributed by atoms with Gasteiger partial charge >= 0.3 is 0 Å². The Morgan fingerprint density at radius 2 is 1.14 bits per heavy atom. The first kappa shape index (κ1) is 22.2. The van der Waals surface area contributed by atoms with Crippen LogP contribution >= 0.6 is 7.14 Å². The molecule has 7 rings (SSSR count). The van der Waals surface area contributed by atoms with Gasteiger partial charge in [0.25, 0.3) is 0 Å². The van der Waals surface area contributed by atoms with Crippen molar-refractivity contribution in [3.63, 3.8) is 0 Å². The van der Waals surface area contributed by atoms with Crippen molar-refractivity contribution in [2.75, 3.05) is 0 Å². The highest BCUT2D eigenvalue weighted by atomic mass is 31.2. The molecule has 36 heavy (non-hydrogen) atoms. The normalized spacial score (nSPS) is 17.7. The molecule has 3 heterocycles. The van der Waals surface area contributed by atoms with E-state index in [-0.39, 0.29) is 0 Å². The third-order valence-electron chi connectivity index (χ3n) is 8.50. The maximum Gasteiger partial charge on any atom is 0.170 e. The summed E-state index contributed by atoms with van der Waals surface area (Å²) in [6, 6.07) is 34.5. The lowest BCUT2D eigenvalue weighted by molar-refractivity contribution is 0.592. The summed E-state index contributed by atoms with van der Waals surface area (Å²) in [6.45, 7) is 9.71. The molecule has 0 fully saturated rings. The molecule has 0 atom stereocenters. The van der Waals surface area contributed by atoms with Crippen LogP contribution in [-0.2, 0) is 4.57 Å². The van der Waals surface area contributed by atoms with Gasteiger partial charge in [0, 0.05) is 21.3 Å². The van der Waals surface area contributed by atoms with Crippen LogP contribution in [0.1, 0.15) is 0 Å². The molecule has 1 aromatic heterocycles. The van der Waals surface area contributed by atoms with Gasteiger partial charge in [0.1, 0.15) is 16.1 Å². The Labute approximate surface area is 214 Å². The van der Waals surface area contributed by atoms with Crippen molar-refractivity contribution in [1.29, 1.82) is 0 Å². The van der Waals surface area contributed by atoms with Crippen molar-refractivity contribution >= 4 is 70.9 Å². The molecule has 0 spiro atoms. The van der Waals surface area contributed by atoms with Gasteiger partial charge in [0.15, 0.2) is 7.14 Å². The van der Waals surface area contributed by atoms with Crippen LogP contribution in [0.25, 0.3) is 22.2 Å². The van der Waals surface area contributed by atoms with Crippen LogP contribution in [0.2, 0.25) is 26.2 Å². The summed E-state index contributed by atoms with van der Waals surface area (Å²) in [5.74, 6) is 0. The van der Waals surface area contributed by atoms with Gasteiger partial charge in [-0.1, -0.05) is 111 Å². The molecule has 5 heteroatoms. The molecule has 0 unspecified atom stereocenters. The quantitative estimate of drug-likeness (QED) is 0.250. The number of aromatic nitrogens is 1. The zero-order chi connectivity index (χ0) is 24.9. The Morgan fingerprint density at radius 3 is 1.75 bits per heavy atom. The number of hydrogen-bond donors (Lipinski definition) is 0. The highest BCUT2D eigenvalue weighted by Gasteiger charge is 2.53. The van der Waals surface area contributed by atoms with E-state index in [1.807, 2.05) is 6.07 Å². The van der Waals surface area contributed by atoms with E-state index in [0.717, 1.165) is 38.1 Å². The maximum atomic E-state index is 15.6. The lowest BCUT2D eigenvalue weighted by Crippen LogP contribution is -2.76. The summed E-state index contributed by atoms with van der Waals surface area (Å²) < 4.78 is 15.6. The molecule has 0 amide bonds. The van der Waals surface area contributed by atoms with Crippen LogP contribution in [0, 0.1) is 0 Å². The van der Waals surface area contributed by atoms with Gasteiger partial charge in [-0.05, 0) is 38.4 Å². The number of rotatable bonds is 1. The second-order valence-electron chi connectivity index (χ2n) is 11.2. The molecule has 0 radical (unpaired) electrons. The number of nitrogens with zero attached hydrogens (tertiary/aromatic N) is 1. The van der Waals surface area contributed by atoms with E-state index in [1.165, 1.54) is 20.7 Å². The van der Waals surface area contributed by atoms with Crippen LogP contribution in [0.4, 0.5) is 0 Å². The fourth-order valence-electron chi connectivity index (χ4n) is 6.52. The Kier molecular flexibility index (Phi) is 4.47. The van der Waals surface area contributed by atoms with Gasteiger partial charge in [0.05, 0.1) is 11.2 Å². The predicted octanol–water partition coefficient (Wildman–Crippen LogP) is 3.81. The summed E-state index contributed by atoms with van der Waals surface area (Å²) in [5.41, 5.74) is 3.16. The van der Waals surface area contributed by atoms with Gasteiger partial charge in [-0.2, -0.15) is 0 Å². The van der Waals surface area contributed by atoms with Crippen molar-refractivity contribution < 1.29 is 4.57 Å². The van der Waals surface area contributed by atoms with Crippen molar-refractivity contribution in [2.45, 2.75) is 26.2 Å². The molecule has 176 valence electrons. The topological polar surface area (TPSA) is 30.0 Å². The Hall–Kier alpha value is -3.05. The van der Waals surface area contributed by atoms with E-state index in [9.17, 15) is 0 Å². The first-order valence-corrected chi connectivity index (χ1v) is 20.3. The molecule has 0 saturated heterocycles. The highest BCUT2D eigenvalue weighted by molar-refractivity contribution is 7.88. The molecule has 2 aliphatic rings. The lowest BCUT2D eigenvalue weighted by atomic mass is 10.1. The second-order valence-corrected chi connectivity index (χ2v) is 22.5. The Balaban J connectivity index is 1.62. The predicted molar refractivity (Wildman–Crippen MR) is 160 cm³/mol. The zero-order valence-electron chi connectivity index (χ0n) is 21.0. The minimum absolute atomic E-state index is 0.995. The van der Waals surface area contributed by atoms with E-state index < -0.39 is 23.3 Å². The van der Waals surface area contributed by atoms with Gasteiger partial charge in [-0.15, -0.1) is 0 Å². The van der Waals surface area contributed by atoms with Crippen molar-refractivity contribution in [3.05, 3.63) is 97.1 Å². The smallest absolute Gasteiger partial charge is 0.170 e. The fraction of sp³-hybridized carbons (Fsp3) is 0.129. The summed E-state index contributed by atoms with van der Waals surface area (Å²) in [5, 5.41) is 9.75. The van der Waals surface area contributed by atoms with E-state index >= 15 is 4.57 Å². The maximum absolute atomic E-state index is 15.6. The van der Waals surface area contributed by atoms with E-state index in [1.54, 1.807) is 0 Å². The standard InChI is InChI=1S/C31H28NOPSi2/c1-35(2)27-15-9-7-13-25(27)34(33)26-14-8-10-16-28(26)36(3,4)30-20-22(19-29(35)31(30)34)24-18-17-21-11-5-6-12-23(21)32-24/h5-20H,1-4H3. The van der Waals surface area contributed by atoms with Crippen LogP contribution in [0.15, 0.2) is 97.1 Å². The van der Waals surface area contributed by atoms with E-state index in [4.69, 9.17) is 4.98 Å². The molecular weight excluding hydrogens is 489 g/mol. The molecule has 0 saturated carbocycles. The Morgan fingerprint density at radius 1 is 0.611 bits per heavy atom. The number of hydrogen-bond acceptors (Lipinski definition) is 2. The Bertz CT molecular complexity index is 1700. The highest BCUT2D eigenvalue weighted by Crippen LogP contribution is 2.46. The number of fused-ring (bicyclic) bond motifs is 5. The van der Waals surface area contributed by atoms with E-state index in [2.05, 4.69) is 117 Å². The van der Waals surface area contributed by atoms with E-state index in [0.29, 0.717) is 0 Å². The summed E-state index contributed by atoms with van der Waals surface area (Å²) in [4.78, 5) is 5.07. The summed E-state index contributed by atoms with van der Waals surface area (Å²) >= 11 is 0. The third kappa shape index (κ3) is 2.73. The average Bonchev–Trinajstić information content (AvgIpc) is 2.90. The van der Waals surface area contributed by atoms with Crippen molar-refractivity contribution in [2.24, 2.45) is 0 Å². The largest absolute Gasteiger partial charge is 0.309 e. The van der Waals surface area contributed by atoms with Gasteiger partial charge in [0.2, 0.25) is 0 Å². The van der Waals surface area contributed by atoms with Crippen molar-refractivity contribution in [1.82, 2.24) is 4.98 Å². The SMILES string of the molecule is C[Si]1(C)c2ccccc2P2(=O)c3ccccc3[Si](C)(C)c3cc(-c4ccc5ccccc5n4)cc1c32. The molecule has 5 aromatic rings. The average molecular weight is 518 g/mol. The first-order chi connectivity index (χ1) is 17.2. The third-order valence-corrected chi connectivity index (χ3v) is 19.6. The molecule has 0 N–H and O–H groups in total. The molecule has 0 bridgehead atoms. The molecular formula is C31H28NOPSi2. The monoisotopic (exact) mass is 517 g/mol. The molecule has 4 aromatic carbocycles. The van der Waals surface area contributed by atoms with Crippen LogP contribution in [0.5, 0.6) is 0 Å². The van der Waals surface area contributed by atoms with Crippen LogP contribution < -0.4 is 36.7 Å². The second kappa shape index (κ2) is 7.26. The lowest BCUT2D eigenvalue weighted by Gasteiger charge is -2.46. The number of para-hydroxylation sites is 1. The van der Waals surface area contributed by atoms with Crippen molar-refractivity contribution in [3.8, 4) is 11.3 Å². The number of pyridine rings is 1. The minimum atomic E-state index is -2.98. The van der Waals surface area contributed by atoms with Gasteiger partial charge < -0.3 is 4.57 Å². The molecule has 0 aliphatic carbocycles. The first-order valence-electron chi connectivity index (χ1n) is 12.6. The minimum Gasteiger partial charge on any atom is -0.309 e. The summed E-state index contributed by atoms with van der Waals surface area (Å²) in [6.07, 6.45) is 0. The molecule has 2 aliphatic heterocycles. The zero-order valence-corrected chi connectivity index (χ0v) is 23.9. The van der Waals surface area contributed by atoms with Gasteiger partial charge in [-0.3, -0.25) is 0 Å². The van der Waals surface area contributed by atoms with Crippen LogP contribution in [-0.4, -0.2) is 21.1 Å². The summed E-state index contributed by atoms with van der Waals surface area (Å²) in [7, 11) is -7.20.